The molecule has 200 valence electrons. The second-order valence-corrected chi connectivity index (χ2v) is 12.0. The molecule has 0 saturated carbocycles. The first kappa shape index (κ1) is 32.4. The summed E-state index contributed by atoms with van der Waals surface area (Å²) in [6.07, 6.45) is 16.0. The van der Waals surface area contributed by atoms with Gasteiger partial charge < -0.3 is 4.90 Å². The van der Waals surface area contributed by atoms with Crippen LogP contribution in [-0.4, -0.2) is 52.4 Å². The maximum Gasteiger partial charge on any atom is 0.512 e. The Labute approximate surface area is 193 Å². The second kappa shape index (κ2) is 14.7. The van der Waals surface area contributed by atoms with Gasteiger partial charge in [0.2, 0.25) is 0 Å². The molecule has 0 aromatic carbocycles. The van der Waals surface area contributed by atoms with Crippen molar-refractivity contribution in [2.75, 3.05) is 19.6 Å². The van der Waals surface area contributed by atoms with Gasteiger partial charge in [-0.15, -0.1) is 0 Å². The van der Waals surface area contributed by atoms with Gasteiger partial charge in [-0.3, -0.25) is 0 Å². The van der Waals surface area contributed by atoms with E-state index >= 15 is 0 Å². The van der Waals surface area contributed by atoms with Crippen molar-refractivity contribution in [1.29, 1.82) is 0 Å². The lowest BCUT2D eigenvalue weighted by molar-refractivity contribution is -0.0476. The zero-order valence-corrected chi connectivity index (χ0v) is 20.8. The number of nitrogens with one attached hydrogen (secondary N) is 1. The summed E-state index contributed by atoms with van der Waals surface area (Å²) in [5.41, 5.74) is -12.3. The summed E-state index contributed by atoms with van der Waals surface area (Å²) in [6.45, 7) is 8.76. The molecule has 1 heterocycles. The molecule has 1 rings (SSSR count). The molecule has 0 amide bonds. The van der Waals surface area contributed by atoms with Crippen molar-refractivity contribution >= 4 is 20.0 Å². The van der Waals surface area contributed by atoms with Crippen LogP contribution >= 0.6 is 0 Å². The lowest BCUT2D eigenvalue weighted by Crippen LogP contribution is -2.45. The van der Waals surface area contributed by atoms with E-state index in [2.05, 4.69) is 18.7 Å². The minimum Gasteiger partial charge on any atom is -0.303 e. The Balaban J connectivity index is 0.000000633. The zero-order chi connectivity index (χ0) is 25.8. The Morgan fingerprint density at radius 1 is 0.758 bits per heavy atom. The van der Waals surface area contributed by atoms with Crippen molar-refractivity contribution in [3.05, 3.63) is 0 Å². The van der Waals surface area contributed by atoms with Crippen LogP contribution in [-0.2, 0) is 20.0 Å². The van der Waals surface area contributed by atoms with Crippen LogP contribution in [0.5, 0.6) is 0 Å². The number of unbranched alkanes of at least 4 members (excludes halogenated alkanes) is 9. The van der Waals surface area contributed by atoms with Crippen LogP contribution < -0.4 is 4.13 Å². The molecule has 0 spiro atoms. The summed E-state index contributed by atoms with van der Waals surface area (Å²) in [5, 5.41) is 0. The monoisotopic (exact) mass is 534 g/mol. The molecular weight excluding hydrogens is 498 g/mol. The molecule has 33 heavy (non-hydrogen) atoms. The van der Waals surface area contributed by atoms with Crippen LogP contribution in [0.15, 0.2) is 0 Å². The Bertz CT molecular complexity index is 698. The van der Waals surface area contributed by atoms with Crippen LogP contribution in [0.25, 0.3) is 0 Å². The standard InChI is InChI=1S/C17H35N.C2HF6NO4S2/c1-3-4-5-6-7-8-9-10-11-12-14-18-15-13-17(2)16-18;3-1(4,5)14(10,11)9-15(12,13)2(6,7)8/h17H,3-16H2,1-2H3;9H. The van der Waals surface area contributed by atoms with Crippen LogP contribution in [0.2, 0.25) is 0 Å². The molecule has 1 aliphatic rings. The highest BCUT2D eigenvalue weighted by Gasteiger charge is 2.55. The third kappa shape index (κ3) is 13.8. The highest BCUT2D eigenvalue weighted by Crippen LogP contribution is 2.27. The largest absolute Gasteiger partial charge is 0.512 e. The third-order valence-electron chi connectivity index (χ3n) is 5.16. The average molecular weight is 535 g/mol. The molecule has 0 aliphatic carbocycles. The van der Waals surface area contributed by atoms with Crippen LogP contribution in [0.1, 0.15) is 84.5 Å². The zero-order valence-electron chi connectivity index (χ0n) is 19.1. The van der Waals surface area contributed by atoms with Crippen molar-refractivity contribution in [3.63, 3.8) is 0 Å². The smallest absolute Gasteiger partial charge is 0.303 e. The molecule has 1 fully saturated rings. The number of alkyl halides is 6. The van der Waals surface area contributed by atoms with E-state index in [-0.39, 0.29) is 0 Å². The maximum atomic E-state index is 11.5. The van der Waals surface area contributed by atoms with Crippen molar-refractivity contribution < 1.29 is 43.2 Å². The van der Waals surface area contributed by atoms with Crippen molar-refractivity contribution in [2.24, 2.45) is 5.92 Å². The van der Waals surface area contributed by atoms with Gasteiger partial charge in [-0.25, -0.2) is 16.8 Å². The fraction of sp³-hybridized carbons (Fsp3) is 1.00. The topological polar surface area (TPSA) is 83.6 Å². The molecule has 14 heteroatoms. The second-order valence-electron chi connectivity index (χ2n) is 8.36. The van der Waals surface area contributed by atoms with Crippen LogP contribution in [0.3, 0.4) is 0 Å². The van der Waals surface area contributed by atoms with E-state index in [1.807, 2.05) is 0 Å². The lowest BCUT2D eigenvalue weighted by atomic mass is 10.1. The summed E-state index contributed by atoms with van der Waals surface area (Å²) in [7, 11) is -13.2. The maximum absolute atomic E-state index is 11.5. The first-order valence-corrected chi connectivity index (χ1v) is 14.1. The molecule has 0 aromatic heterocycles. The van der Waals surface area contributed by atoms with E-state index < -0.39 is 35.2 Å². The summed E-state index contributed by atoms with van der Waals surface area (Å²) >= 11 is 0. The SMILES string of the molecule is CCCCCCCCCCCCN1CCC(C)C1.O=S(=O)(NS(=O)(=O)C(F)(F)F)C(F)(F)F. The predicted octanol–water partition coefficient (Wildman–Crippen LogP) is 5.52. The quantitative estimate of drug-likeness (QED) is 0.248. The van der Waals surface area contributed by atoms with Crippen molar-refractivity contribution in [1.82, 2.24) is 9.03 Å². The van der Waals surface area contributed by atoms with Gasteiger partial charge in [0.15, 0.2) is 0 Å². The van der Waals surface area contributed by atoms with Gasteiger partial charge in [-0.05, 0) is 31.8 Å². The first-order chi connectivity index (χ1) is 15.0. The predicted molar refractivity (Wildman–Crippen MR) is 115 cm³/mol. The van der Waals surface area contributed by atoms with E-state index in [9.17, 15) is 43.2 Å². The number of likely N-dealkylation sites (tertiary alicyclic amines) is 1. The number of halogens is 6. The number of nitrogens with zero attached hydrogens (tertiary/aromatic N) is 1. The number of sulfonamides is 2. The molecule has 1 aliphatic heterocycles. The molecule has 1 saturated heterocycles. The number of hydrogen-bond acceptors (Lipinski definition) is 5. The van der Waals surface area contributed by atoms with Crippen molar-refractivity contribution in [3.8, 4) is 0 Å². The van der Waals surface area contributed by atoms with Gasteiger partial charge >= 0.3 is 31.1 Å². The summed E-state index contributed by atoms with van der Waals surface area (Å²) in [5.74, 6) is 0.952. The van der Waals surface area contributed by atoms with Gasteiger partial charge in [0.25, 0.3) is 0 Å². The third-order valence-corrected chi connectivity index (χ3v) is 8.14. The van der Waals surface area contributed by atoms with Gasteiger partial charge in [0.1, 0.15) is 0 Å². The Morgan fingerprint density at radius 3 is 1.48 bits per heavy atom. The van der Waals surface area contributed by atoms with Gasteiger partial charge in [0.05, 0.1) is 0 Å². The highest BCUT2D eigenvalue weighted by molar-refractivity contribution is 8.05. The Kier molecular flexibility index (Phi) is 14.5. The normalized spacial score (nSPS) is 18.2. The minimum atomic E-state index is -6.60. The summed E-state index contributed by atoms with van der Waals surface area (Å²) in [6, 6.07) is 0. The fourth-order valence-electron chi connectivity index (χ4n) is 3.29. The minimum absolute atomic E-state index is 0.493. The van der Waals surface area contributed by atoms with E-state index in [1.165, 1.54) is 90.3 Å². The van der Waals surface area contributed by atoms with Gasteiger partial charge in [0, 0.05) is 6.54 Å². The molecule has 1 atom stereocenters. The van der Waals surface area contributed by atoms with Crippen LogP contribution in [0, 0.1) is 5.92 Å². The van der Waals surface area contributed by atoms with E-state index in [1.54, 1.807) is 0 Å². The molecule has 1 N–H and O–H groups in total. The first-order valence-electron chi connectivity index (χ1n) is 11.2. The Hall–Kier alpha value is -0.600. The van der Waals surface area contributed by atoms with Crippen LogP contribution in [0.4, 0.5) is 26.3 Å². The van der Waals surface area contributed by atoms with E-state index in [0.29, 0.717) is 0 Å². The molecule has 0 aromatic rings. The van der Waals surface area contributed by atoms with Crippen molar-refractivity contribution in [2.45, 2.75) is 95.5 Å². The average Bonchev–Trinajstić information content (AvgIpc) is 3.06. The molecular formula is C19H36F6N2O4S2. The number of rotatable bonds is 13. The molecule has 0 bridgehead atoms. The highest BCUT2D eigenvalue weighted by atomic mass is 32.3. The lowest BCUT2D eigenvalue weighted by Gasteiger charge is -2.14. The molecule has 0 radical (unpaired) electrons. The number of hydrogen-bond donors (Lipinski definition) is 1. The van der Waals surface area contributed by atoms with Gasteiger partial charge in [-0.2, -0.15) is 26.3 Å². The Morgan fingerprint density at radius 2 is 1.15 bits per heavy atom. The fourth-order valence-corrected chi connectivity index (χ4v) is 5.20. The van der Waals surface area contributed by atoms with E-state index in [4.69, 9.17) is 0 Å². The van der Waals surface area contributed by atoms with E-state index in [0.717, 1.165) is 5.92 Å². The summed E-state index contributed by atoms with van der Waals surface area (Å²) < 4.78 is 108. The summed E-state index contributed by atoms with van der Waals surface area (Å²) in [4.78, 5) is 2.66. The molecule has 6 nitrogen and oxygen atoms in total. The van der Waals surface area contributed by atoms with Gasteiger partial charge in [-0.1, -0.05) is 75.8 Å². The molecule has 1 unspecified atom stereocenters.